The average Bonchev–Trinajstić information content (AvgIpc) is 1.90. The van der Waals surface area contributed by atoms with Gasteiger partial charge in [0.1, 0.15) is 0 Å². The van der Waals surface area contributed by atoms with Crippen LogP contribution in [0.25, 0.3) is 0 Å². The molecule has 0 unspecified atom stereocenters. The molecular weight excluding hydrogens is 100 g/mol. The summed E-state index contributed by atoms with van der Waals surface area (Å²) in [6.07, 6.45) is 8.41. The number of methoxy groups -OCH3 is 1. The monoisotopic (exact) mass is 112 g/mol. The molecule has 8 heavy (non-hydrogen) atoms. The average molecular weight is 112 g/mol. The van der Waals surface area contributed by atoms with Crippen LogP contribution in [0.15, 0.2) is 12.2 Å². The Morgan fingerprint density at radius 3 is 2.75 bits per heavy atom. The minimum Gasteiger partial charge on any atom is -0.381 e. The predicted molar refractivity (Wildman–Crippen MR) is 33.8 cm³/mol. The number of hydrogen-bond acceptors (Lipinski definition) is 1. The van der Waals surface area contributed by atoms with Crippen LogP contribution in [0.4, 0.5) is 0 Å². The Kier molecular flexibility index (Phi) is 2.10. The van der Waals surface area contributed by atoms with Gasteiger partial charge in [-0.1, -0.05) is 12.2 Å². The molecule has 1 nitrogen and oxygen atoms in total. The van der Waals surface area contributed by atoms with Crippen molar-refractivity contribution >= 4 is 0 Å². The summed E-state index contributed by atoms with van der Waals surface area (Å²) in [5.41, 5.74) is 0. The highest BCUT2D eigenvalue weighted by molar-refractivity contribution is 4.90. The van der Waals surface area contributed by atoms with Crippen molar-refractivity contribution < 1.29 is 4.74 Å². The lowest BCUT2D eigenvalue weighted by molar-refractivity contribution is 0.0954. The summed E-state index contributed by atoms with van der Waals surface area (Å²) in [5.74, 6) is 0. The van der Waals surface area contributed by atoms with Gasteiger partial charge in [-0.05, 0) is 19.3 Å². The van der Waals surface area contributed by atoms with Crippen LogP contribution in [0.3, 0.4) is 0 Å². The fourth-order valence-electron chi connectivity index (χ4n) is 0.980. The molecule has 1 rings (SSSR count). The van der Waals surface area contributed by atoms with Gasteiger partial charge >= 0.3 is 0 Å². The zero-order valence-electron chi connectivity index (χ0n) is 5.26. The molecule has 0 N–H and O–H groups in total. The van der Waals surface area contributed by atoms with Crippen molar-refractivity contribution in [2.75, 3.05) is 7.11 Å². The zero-order chi connectivity index (χ0) is 5.82. The standard InChI is InChI=1S/C7H12O/c1-8-7-5-3-2-4-6-7/h2-3,7H,4-6H2,1H3/t7-/m1/s1. The SMILES string of the molecule is CO[C@@H]1CC=CCC1. The van der Waals surface area contributed by atoms with Gasteiger partial charge in [0.2, 0.25) is 0 Å². The molecular formula is C7H12O. The second-order valence-electron chi connectivity index (χ2n) is 2.14. The Hall–Kier alpha value is -0.300. The van der Waals surface area contributed by atoms with Gasteiger partial charge < -0.3 is 4.74 Å². The van der Waals surface area contributed by atoms with E-state index in [1.807, 2.05) is 0 Å². The van der Waals surface area contributed by atoms with Gasteiger partial charge in [0, 0.05) is 7.11 Å². The Labute approximate surface area is 50.3 Å². The van der Waals surface area contributed by atoms with Crippen molar-refractivity contribution in [1.29, 1.82) is 0 Å². The van der Waals surface area contributed by atoms with E-state index < -0.39 is 0 Å². The second-order valence-corrected chi connectivity index (χ2v) is 2.14. The van der Waals surface area contributed by atoms with Crippen molar-refractivity contribution in [3.05, 3.63) is 12.2 Å². The first-order chi connectivity index (χ1) is 3.93. The summed E-state index contributed by atoms with van der Waals surface area (Å²) in [5, 5.41) is 0. The Bertz CT molecular complexity index is 86.4. The van der Waals surface area contributed by atoms with Crippen molar-refractivity contribution in [3.63, 3.8) is 0 Å². The van der Waals surface area contributed by atoms with Gasteiger partial charge in [-0.15, -0.1) is 0 Å². The molecule has 0 aromatic heterocycles. The van der Waals surface area contributed by atoms with E-state index in [4.69, 9.17) is 4.74 Å². The number of rotatable bonds is 1. The molecule has 1 aliphatic carbocycles. The van der Waals surface area contributed by atoms with E-state index in [-0.39, 0.29) is 0 Å². The molecule has 1 heteroatoms. The molecule has 0 saturated carbocycles. The first-order valence-electron chi connectivity index (χ1n) is 3.11. The summed E-state index contributed by atoms with van der Waals surface area (Å²) in [7, 11) is 1.78. The van der Waals surface area contributed by atoms with Crippen LogP contribution in [0.5, 0.6) is 0 Å². The van der Waals surface area contributed by atoms with Crippen molar-refractivity contribution in [2.24, 2.45) is 0 Å². The molecule has 1 atom stereocenters. The normalized spacial score (nSPS) is 28.4. The maximum Gasteiger partial charge on any atom is 0.0608 e. The summed E-state index contributed by atoms with van der Waals surface area (Å²) in [6.45, 7) is 0. The van der Waals surface area contributed by atoms with Crippen LogP contribution >= 0.6 is 0 Å². The molecule has 0 amide bonds. The molecule has 0 saturated heterocycles. The first kappa shape index (κ1) is 5.83. The number of hydrogen-bond donors (Lipinski definition) is 0. The fourth-order valence-corrected chi connectivity index (χ4v) is 0.980. The molecule has 0 heterocycles. The van der Waals surface area contributed by atoms with Gasteiger partial charge in [0.05, 0.1) is 6.10 Å². The molecule has 0 aromatic carbocycles. The summed E-state index contributed by atoms with van der Waals surface area (Å²) >= 11 is 0. The van der Waals surface area contributed by atoms with Crippen LogP contribution in [0, 0.1) is 0 Å². The van der Waals surface area contributed by atoms with E-state index >= 15 is 0 Å². The number of allylic oxidation sites excluding steroid dienone is 1. The quantitative estimate of drug-likeness (QED) is 0.469. The maximum absolute atomic E-state index is 5.14. The van der Waals surface area contributed by atoms with E-state index in [0.717, 1.165) is 6.42 Å². The first-order valence-corrected chi connectivity index (χ1v) is 3.11. The third-order valence-corrected chi connectivity index (χ3v) is 1.55. The highest BCUT2D eigenvalue weighted by Crippen LogP contribution is 2.12. The molecule has 0 radical (unpaired) electrons. The lowest BCUT2D eigenvalue weighted by atomic mass is 10.1. The Balaban J connectivity index is 2.27. The van der Waals surface area contributed by atoms with Gasteiger partial charge in [-0.2, -0.15) is 0 Å². The third kappa shape index (κ3) is 1.34. The number of ether oxygens (including phenoxy) is 1. The molecule has 0 spiro atoms. The van der Waals surface area contributed by atoms with E-state index in [1.165, 1.54) is 12.8 Å². The Morgan fingerprint density at radius 1 is 1.50 bits per heavy atom. The van der Waals surface area contributed by atoms with Crippen molar-refractivity contribution in [3.8, 4) is 0 Å². The second kappa shape index (κ2) is 2.88. The molecule has 0 aliphatic heterocycles. The largest absolute Gasteiger partial charge is 0.381 e. The predicted octanol–water partition coefficient (Wildman–Crippen LogP) is 1.74. The van der Waals surface area contributed by atoms with Crippen LogP contribution in [0.1, 0.15) is 19.3 Å². The van der Waals surface area contributed by atoms with Gasteiger partial charge in [-0.3, -0.25) is 0 Å². The summed E-state index contributed by atoms with van der Waals surface area (Å²) in [6, 6.07) is 0. The maximum atomic E-state index is 5.14. The topological polar surface area (TPSA) is 9.23 Å². The van der Waals surface area contributed by atoms with Crippen LogP contribution < -0.4 is 0 Å². The lowest BCUT2D eigenvalue weighted by Crippen LogP contribution is -2.10. The van der Waals surface area contributed by atoms with E-state index in [1.54, 1.807) is 7.11 Å². The minimum absolute atomic E-state index is 0.500. The van der Waals surface area contributed by atoms with E-state index in [2.05, 4.69) is 12.2 Å². The molecule has 1 aliphatic rings. The highest BCUT2D eigenvalue weighted by Gasteiger charge is 2.05. The smallest absolute Gasteiger partial charge is 0.0608 e. The van der Waals surface area contributed by atoms with Crippen molar-refractivity contribution in [1.82, 2.24) is 0 Å². The van der Waals surface area contributed by atoms with Crippen molar-refractivity contribution in [2.45, 2.75) is 25.4 Å². The highest BCUT2D eigenvalue weighted by atomic mass is 16.5. The lowest BCUT2D eigenvalue weighted by Gasteiger charge is -2.14. The molecule has 0 fully saturated rings. The van der Waals surface area contributed by atoms with Gasteiger partial charge in [-0.25, -0.2) is 0 Å². The molecule has 0 bridgehead atoms. The molecule has 46 valence electrons. The fraction of sp³-hybridized carbons (Fsp3) is 0.714. The van der Waals surface area contributed by atoms with E-state index in [0.29, 0.717) is 6.10 Å². The minimum atomic E-state index is 0.500. The third-order valence-electron chi connectivity index (χ3n) is 1.55. The summed E-state index contributed by atoms with van der Waals surface area (Å²) < 4.78 is 5.14. The van der Waals surface area contributed by atoms with E-state index in [9.17, 15) is 0 Å². The van der Waals surface area contributed by atoms with Gasteiger partial charge in [0.25, 0.3) is 0 Å². The Morgan fingerprint density at radius 2 is 2.38 bits per heavy atom. The van der Waals surface area contributed by atoms with Crippen LogP contribution in [-0.4, -0.2) is 13.2 Å². The zero-order valence-corrected chi connectivity index (χ0v) is 5.26. The molecule has 0 aromatic rings. The van der Waals surface area contributed by atoms with Crippen LogP contribution in [0.2, 0.25) is 0 Å². The van der Waals surface area contributed by atoms with Crippen LogP contribution in [-0.2, 0) is 4.74 Å². The summed E-state index contributed by atoms with van der Waals surface area (Å²) in [4.78, 5) is 0. The van der Waals surface area contributed by atoms with Gasteiger partial charge in [0.15, 0.2) is 0 Å².